The van der Waals surface area contributed by atoms with Crippen molar-refractivity contribution >= 4 is 6.09 Å². The maximum Gasteiger partial charge on any atom is 0.401 e. The summed E-state index contributed by atoms with van der Waals surface area (Å²) in [6.45, 7) is 1.60. The maximum atomic E-state index is 12.1. The highest BCUT2D eigenvalue weighted by molar-refractivity contribution is 5.61. The number of hydrogen-bond donors (Lipinski definition) is 1. The highest BCUT2D eigenvalue weighted by Gasteiger charge is 2.31. The zero-order chi connectivity index (χ0) is 12.9. The van der Waals surface area contributed by atoms with Crippen LogP contribution in [0, 0.1) is 0 Å². The molecule has 1 N–H and O–H groups in total. The first kappa shape index (κ1) is 14.0. The Balaban J connectivity index is 2.15. The lowest BCUT2D eigenvalue weighted by Crippen LogP contribution is -2.51. The van der Waals surface area contributed by atoms with Gasteiger partial charge in [0, 0.05) is 39.3 Å². The standard InChI is InChI=1S/C9H16F3N3O2/c10-9(11,12)7-15-5-3-14(4-6-15)2-1-13-8(16)17/h13H,1-7H2,(H,16,17)/p-1. The van der Waals surface area contributed by atoms with Crippen LogP contribution in [0.1, 0.15) is 0 Å². The van der Waals surface area contributed by atoms with Crippen molar-refractivity contribution in [3.63, 3.8) is 0 Å². The monoisotopic (exact) mass is 254 g/mol. The van der Waals surface area contributed by atoms with E-state index < -0.39 is 18.8 Å². The Morgan fingerprint density at radius 1 is 1.18 bits per heavy atom. The van der Waals surface area contributed by atoms with Crippen LogP contribution in [-0.4, -0.2) is 67.9 Å². The molecule has 0 radical (unpaired) electrons. The van der Waals surface area contributed by atoms with Gasteiger partial charge in [-0.15, -0.1) is 0 Å². The summed E-state index contributed by atoms with van der Waals surface area (Å²) in [5.41, 5.74) is 0. The molecule has 0 atom stereocenters. The zero-order valence-electron chi connectivity index (χ0n) is 9.29. The Labute approximate surface area is 97.2 Å². The number of nitrogens with one attached hydrogen (secondary N) is 1. The third kappa shape index (κ3) is 6.32. The molecule has 0 aromatic heterocycles. The molecule has 8 heteroatoms. The molecule has 1 saturated heterocycles. The summed E-state index contributed by atoms with van der Waals surface area (Å²) in [4.78, 5) is 13.3. The number of piperazine rings is 1. The van der Waals surface area contributed by atoms with Crippen molar-refractivity contribution in [3.05, 3.63) is 0 Å². The second-order valence-corrected chi connectivity index (χ2v) is 3.95. The predicted octanol–water partition coefficient (Wildman–Crippen LogP) is -0.901. The lowest BCUT2D eigenvalue weighted by atomic mass is 10.3. The van der Waals surface area contributed by atoms with E-state index in [9.17, 15) is 23.1 Å². The van der Waals surface area contributed by atoms with E-state index in [0.29, 0.717) is 32.7 Å². The van der Waals surface area contributed by atoms with Gasteiger partial charge >= 0.3 is 6.18 Å². The lowest BCUT2D eigenvalue weighted by molar-refractivity contribution is -0.250. The molecule has 5 nitrogen and oxygen atoms in total. The van der Waals surface area contributed by atoms with Gasteiger partial charge in [-0.3, -0.25) is 9.80 Å². The number of amides is 1. The Hall–Kier alpha value is -1.02. The summed E-state index contributed by atoms with van der Waals surface area (Å²) in [5, 5.41) is 12.2. The summed E-state index contributed by atoms with van der Waals surface area (Å²) in [5.74, 6) is 0. The van der Waals surface area contributed by atoms with Gasteiger partial charge in [-0.1, -0.05) is 0 Å². The van der Waals surface area contributed by atoms with E-state index in [1.807, 2.05) is 4.90 Å². The lowest BCUT2D eigenvalue weighted by Gasteiger charge is -2.35. The number of hydrogen-bond acceptors (Lipinski definition) is 4. The fourth-order valence-corrected chi connectivity index (χ4v) is 1.74. The van der Waals surface area contributed by atoms with Crippen LogP contribution >= 0.6 is 0 Å². The Morgan fingerprint density at radius 3 is 2.18 bits per heavy atom. The summed E-state index contributed by atoms with van der Waals surface area (Å²) < 4.78 is 36.3. The number of carbonyl (C=O) groups is 1. The average Bonchev–Trinajstić information content (AvgIpc) is 2.18. The fraction of sp³-hybridized carbons (Fsp3) is 0.889. The van der Waals surface area contributed by atoms with Crippen molar-refractivity contribution in [2.24, 2.45) is 0 Å². The summed E-state index contributed by atoms with van der Waals surface area (Å²) in [6, 6.07) is 0. The minimum atomic E-state index is -4.15. The summed E-state index contributed by atoms with van der Waals surface area (Å²) >= 11 is 0. The Bertz CT molecular complexity index is 252. The second kappa shape index (κ2) is 6.06. The van der Waals surface area contributed by atoms with Crippen LogP contribution in [0.4, 0.5) is 18.0 Å². The van der Waals surface area contributed by atoms with E-state index >= 15 is 0 Å². The first-order chi connectivity index (χ1) is 7.87. The van der Waals surface area contributed by atoms with E-state index in [1.165, 1.54) is 4.90 Å². The molecule has 0 spiro atoms. The molecule has 1 amide bonds. The molecule has 0 unspecified atom stereocenters. The molecule has 100 valence electrons. The fourth-order valence-electron chi connectivity index (χ4n) is 1.74. The number of rotatable bonds is 4. The van der Waals surface area contributed by atoms with Crippen LogP contribution in [0.25, 0.3) is 0 Å². The van der Waals surface area contributed by atoms with Crippen molar-refractivity contribution in [2.75, 3.05) is 45.8 Å². The summed E-state index contributed by atoms with van der Waals surface area (Å²) in [6.07, 6.45) is -5.49. The molecule has 0 aromatic carbocycles. The number of carbonyl (C=O) groups excluding carboxylic acids is 1. The van der Waals surface area contributed by atoms with Gasteiger partial charge in [0.1, 0.15) is 6.09 Å². The molecule has 1 heterocycles. The SMILES string of the molecule is O=C([O-])NCCN1CCN(CC(F)(F)F)CC1. The molecule has 0 bridgehead atoms. The number of carboxylic acid groups (broad SMARTS) is 1. The molecule has 1 fully saturated rings. The maximum absolute atomic E-state index is 12.1. The molecule has 1 aliphatic rings. The van der Waals surface area contributed by atoms with Crippen LogP contribution < -0.4 is 10.4 Å². The van der Waals surface area contributed by atoms with Gasteiger partial charge in [-0.05, 0) is 0 Å². The van der Waals surface area contributed by atoms with Gasteiger partial charge in [0.05, 0.1) is 6.54 Å². The minimum Gasteiger partial charge on any atom is -0.530 e. The Morgan fingerprint density at radius 2 is 1.71 bits per heavy atom. The van der Waals surface area contributed by atoms with Gasteiger partial charge < -0.3 is 15.2 Å². The normalized spacial score (nSPS) is 19.2. The number of alkyl halides is 3. The van der Waals surface area contributed by atoms with E-state index in [0.717, 1.165) is 0 Å². The van der Waals surface area contributed by atoms with Gasteiger partial charge in [0.15, 0.2) is 0 Å². The van der Waals surface area contributed by atoms with Crippen LogP contribution in [0.2, 0.25) is 0 Å². The topological polar surface area (TPSA) is 58.6 Å². The molecular weight excluding hydrogens is 239 g/mol. The quantitative estimate of drug-likeness (QED) is 0.706. The van der Waals surface area contributed by atoms with E-state index in [1.54, 1.807) is 0 Å². The van der Waals surface area contributed by atoms with Gasteiger partial charge in [0.25, 0.3) is 0 Å². The molecule has 0 aromatic rings. The van der Waals surface area contributed by atoms with E-state index in [-0.39, 0.29) is 6.54 Å². The van der Waals surface area contributed by atoms with Crippen LogP contribution in [-0.2, 0) is 0 Å². The third-order valence-electron chi connectivity index (χ3n) is 2.57. The third-order valence-corrected chi connectivity index (χ3v) is 2.57. The second-order valence-electron chi connectivity index (χ2n) is 3.95. The molecule has 0 aliphatic carbocycles. The first-order valence-corrected chi connectivity index (χ1v) is 5.33. The van der Waals surface area contributed by atoms with Crippen LogP contribution in [0.3, 0.4) is 0 Å². The molecule has 17 heavy (non-hydrogen) atoms. The number of halogens is 3. The Kier molecular flexibility index (Phi) is 5.01. The summed E-state index contributed by atoms with van der Waals surface area (Å²) in [7, 11) is 0. The number of nitrogens with zero attached hydrogens (tertiary/aromatic N) is 2. The van der Waals surface area contributed by atoms with Gasteiger partial charge in [0.2, 0.25) is 0 Å². The van der Waals surface area contributed by atoms with Crippen molar-refractivity contribution in [2.45, 2.75) is 6.18 Å². The zero-order valence-corrected chi connectivity index (χ0v) is 9.29. The van der Waals surface area contributed by atoms with E-state index in [2.05, 4.69) is 5.32 Å². The molecule has 1 rings (SSSR count). The van der Waals surface area contributed by atoms with Crippen LogP contribution in [0.15, 0.2) is 0 Å². The van der Waals surface area contributed by atoms with Crippen molar-refractivity contribution in [1.29, 1.82) is 0 Å². The predicted molar refractivity (Wildman–Crippen MR) is 52.3 cm³/mol. The van der Waals surface area contributed by atoms with Crippen LogP contribution in [0.5, 0.6) is 0 Å². The average molecular weight is 254 g/mol. The van der Waals surface area contributed by atoms with Gasteiger partial charge in [-0.25, -0.2) is 0 Å². The van der Waals surface area contributed by atoms with Gasteiger partial charge in [-0.2, -0.15) is 13.2 Å². The molecular formula is C9H15F3N3O2-. The van der Waals surface area contributed by atoms with Crippen molar-refractivity contribution in [3.8, 4) is 0 Å². The minimum absolute atomic E-state index is 0.238. The smallest absolute Gasteiger partial charge is 0.401 e. The first-order valence-electron chi connectivity index (χ1n) is 5.33. The highest BCUT2D eigenvalue weighted by Crippen LogP contribution is 2.17. The molecule has 0 saturated carbocycles. The van der Waals surface area contributed by atoms with Crippen molar-refractivity contribution in [1.82, 2.24) is 15.1 Å². The van der Waals surface area contributed by atoms with E-state index in [4.69, 9.17) is 0 Å². The molecule has 1 aliphatic heterocycles. The largest absolute Gasteiger partial charge is 0.530 e. The highest BCUT2D eigenvalue weighted by atomic mass is 19.4. The van der Waals surface area contributed by atoms with Crippen molar-refractivity contribution < 1.29 is 23.1 Å².